The number of anilines is 1. The fourth-order valence-corrected chi connectivity index (χ4v) is 6.91. The topological polar surface area (TPSA) is 96.0 Å². The SMILES string of the molecule is CCCCNC(=O)[C@H](Cc1ccccc1)N(Cc1ccc(Cl)cc1Cl)C(=O)CN(c1ccc(OCC)cc1)S(=O)(=O)c1ccc(F)cc1. The van der Waals surface area contributed by atoms with Crippen molar-refractivity contribution in [2.45, 2.75) is 50.6 Å². The maximum Gasteiger partial charge on any atom is 0.264 e. The summed E-state index contributed by atoms with van der Waals surface area (Å²) < 4.78 is 48.5. The van der Waals surface area contributed by atoms with Crippen LogP contribution in [0.25, 0.3) is 0 Å². The fourth-order valence-electron chi connectivity index (χ4n) is 5.03. The summed E-state index contributed by atoms with van der Waals surface area (Å²) in [5.41, 5.74) is 1.49. The van der Waals surface area contributed by atoms with Gasteiger partial charge in [-0.2, -0.15) is 0 Å². The summed E-state index contributed by atoms with van der Waals surface area (Å²) in [5.74, 6) is -1.15. The third-order valence-electron chi connectivity index (χ3n) is 7.57. The number of nitrogens with zero attached hydrogens (tertiary/aromatic N) is 2. The Hall–Kier alpha value is -4.12. The normalized spacial score (nSPS) is 11.9. The zero-order valence-electron chi connectivity index (χ0n) is 26.7. The van der Waals surface area contributed by atoms with Crippen molar-refractivity contribution >= 4 is 50.7 Å². The monoisotopic (exact) mass is 713 g/mol. The molecule has 4 rings (SSSR count). The molecule has 254 valence electrons. The largest absolute Gasteiger partial charge is 0.494 e. The van der Waals surface area contributed by atoms with Crippen LogP contribution in [0, 0.1) is 5.82 Å². The van der Waals surface area contributed by atoms with E-state index in [0.29, 0.717) is 29.5 Å². The molecule has 0 radical (unpaired) electrons. The molecule has 0 saturated heterocycles. The van der Waals surface area contributed by atoms with Crippen LogP contribution in [-0.2, 0) is 32.6 Å². The molecule has 0 fully saturated rings. The Morgan fingerprint density at radius 1 is 0.917 bits per heavy atom. The number of rotatable bonds is 16. The fraction of sp³-hybridized carbons (Fsp3) is 0.278. The van der Waals surface area contributed by atoms with E-state index >= 15 is 0 Å². The third kappa shape index (κ3) is 9.71. The van der Waals surface area contributed by atoms with Gasteiger partial charge in [-0.15, -0.1) is 0 Å². The van der Waals surface area contributed by atoms with Crippen LogP contribution >= 0.6 is 23.2 Å². The minimum Gasteiger partial charge on any atom is -0.494 e. The predicted molar refractivity (Wildman–Crippen MR) is 187 cm³/mol. The number of halogens is 3. The number of benzene rings is 4. The number of sulfonamides is 1. The Kier molecular flexibility index (Phi) is 13.3. The molecule has 0 spiro atoms. The van der Waals surface area contributed by atoms with Gasteiger partial charge in [-0.25, -0.2) is 12.8 Å². The van der Waals surface area contributed by atoms with Gasteiger partial charge in [-0.05, 0) is 85.1 Å². The van der Waals surface area contributed by atoms with E-state index in [1.807, 2.05) is 44.2 Å². The zero-order valence-corrected chi connectivity index (χ0v) is 29.1. The van der Waals surface area contributed by atoms with Gasteiger partial charge in [0, 0.05) is 29.6 Å². The molecule has 0 bridgehead atoms. The lowest BCUT2D eigenvalue weighted by Crippen LogP contribution is -2.53. The number of ether oxygens (including phenoxy) is 1. The molecule has 0 heterocycles. The second kappa shape index (κ2) is 17.3. The lowest BCUT2D eigenvalue weighted by molar-refractivity contribution is -0.140. The summed E-state index contributed by atoms with van der Waals surface area (Å²) in [6.07, 6.45) is 1.75. The van der Waals surface area contributed by atoms with E-state index < -0.39 is 34.3 Å². The molecule has 0 unspecified atom stereocenters. The summed E-state index contributed by atoms with van der Waals surface area (Å²) in [6, 6.07) is 23.7. The van der Waals surface area contributed by atoms with Crippen molar-refractivity contribution in [2.75, 3.05) is 24.0 Å². The summed E-state index contributed by atoms with van der Waals surface area (Å²) >= 11 is 12.7. The first-order valence-corrected chi connectivity index (χ1v) is 17.8. The van der Waals surface area contributed by atoms with Gasteiger partial charge < -0.3 is 15.0 Å². The average Bonchev–Trinajstić information content (AvgIpc) is 3.07. The van der Waals surface area contributed by atoms with Crippen LogP contribution in [0.1, 0.15) is 37.8 Å². The van der Waals surface area contributed by atoms with Gasteiger partial charge in [0.05, 0.1) is 17.2 Å². The van der Waals surface area contributed by atoms with Gasteiger partial charge in [0.15, 0.2) is 0 Å². The molecule has 0 aliphatic heterocycles. The van der Waals surface area contributed by atoms with E-state index in [1.165, 1.54) is 17.0 Å². The molecule has 0 aromatic heterocycles. The van der Waals surface area contributed by atoms with Crippen LogP contribution in [0.3, 0.4) is 0 Å². The van der Waals surface area contributed by atoms with E-state index in [1.54, 1.807) is 30.3 Å². The number of carbonyl (C=O) groups is 2. The molecule has 0 saturated carbocycles. The number of amides is 2. The van der Waals surface area contributed by atoms with Crippen LogP contribution in [0.4, 0.5) is 10.1 Å². The van der Waals surface area contributed by atoms with Crippen LogP contribution in [0.2, 0.25) is 10.0 Å². The lowest BCUT2D eigenvalue weighted by Gasteiger charge is -2.34. The zero-order chi connectivity index (χ0) is 34.7. The Morgan fingerprint density at radius 2 is 1.60 bits per heavy atom. The maximum absolute atomic E-state index is 14.6. The number of hydrogen-bond acceptors (Lipinski definition) is 5. The quantitative estimate of drug-likeness (QED) is 0.123. The molecule has 1 atom stereocenters. The van der Waals surface area contributed by atoms with Crippen LogP contribution in [0.15, 0.2) is 102 Å². The highest BCUT2D eigenvalue weighted by atomic mass is 35.5. The Morgan fingerprint density at radius 3 is 2.23 bits per heavy atom. The molecule has 1 N–H and O–H groups in total. The highest BCUT2D eigenvalue weighted by molar-refractivity contribution is 7.92. The van der Waals surface area contributed by atoms with Gasteiger partial charge in [0.1, 0.15) is 24.2 Å². The van der Waals surface area contributed by atoms with E-state index in [9.17, 15) is 22.4 Å². The molecule has 12 heteroatoms. The molecule has 2 amide bonds. The van der Waals surface area contributed by atoms with Gasteiger partial charge in [-0.1, -0.05) is 72.9 Å². The summed E-state index contributed by atoms with van der Waals surface area (Å²) in [7, 11) is -4.40. The number of nitrogens with one attached hydrogen (secondary N) is 1. The van der Waals surface area contributed by atoms with Crippen molar-refractivity contribution in [2.24, 2.45) is 0 Å². The van der Waals surface area contributed by atoms with Crippen molar-refractivity contribution in [1.29, 1.82) is 0 Å². The summed E-state index contributed by atoms with van der Waals surface area (Å²) in [6.45, 7) is 3.85. The van der Waals surface area contributed by atoms with Crippen LogP contribution < -0.4 is 14.4 Å². The Bertz CT molecular complexity index is 1780. The minimum absolute atomic E-state index is 0.110. The van der Waals surface area contributed by atoms with Gasteiger partial charge in [0.2, 0.25) is 11.8 Å². The van der Waals surface area contributed by atoms with Crippen molar-refractivity contribution in [3.05, 3.63) is 124 Å². The number of unbranched alkanes of at least 4 members (excludes halogenated alkanes) is 1. The maximum atomic E-state index is 14.6. The molecule has 4 aromatic rings. The molecule has 0 aliphatic rings. The third-order valence-corrected chi connectivity index (χ3v) is 9.95. The van der Waals surface area contributed by atoms with Crippen LogP contribution in [0.5, 0.6) is 5.75 Å². The lowest BCUT2D eigenvalue weighted by atomic mass is 10.0. The Balaban J connectivity index is 1.81. The van der Waals surface area contributed by atoms with Gasteiger partial charge in [0.25, 0.3) is 10.0 Å². The first-order chi connectivity index (χ1) is 23.0. The summed E-state index contributed by atoms with van der Waals surface area (Å²) in [4.78, 5) is 29.6. The van der Waals surface area contributed by atoms with Crippen molar-refractivity contribution < 1.29 is 27.1 Å². The second-order valence-electron chi connectivity index (χ2n) is 11.0. The van der Waals surface area contributed by atoms with Gasteiger partial charge in [-0.3, -0.25) is 13.9 Å². The first-order valence-electron chi connectivity index (χ1n) is 15.6. The minimum atomic E-state index is -4.40. The van der Waals surface area contributed by atoms with E-state index in [-0.39, 0.29) is 34.5 Å². The van der Waals surface area contributed by atoms with E-state index in [2.05, 4.69) is 5.32 Å². The molecule has 8 nitrogen and oxygen atoms in total. The molecule has 48 heavy (non-hydrogen) atoms. The first kappa shape index (κ1) is 36.7. The predicted octanol–water partition coefficient (Wildman–Crippen LogP) is 7.28. The standard InChI is InChI=1S/C36H38Cl2FN3O5S/c1-3-5-21-40-36(44)34(22-26-9-7-6-8-10-26)41(24-27-11-12-28(37)23-33(27)38)35(43)25-42(30-15-17-31(18-16-30)47-4-2)48(45,46)32-19-13-29(39)14-20-32/h6-20,23,34H,3-5,21-22,24-25H2,1-2H3,(H,40,44)/t34-/m0/s1. The second-order valence-corrected chi connectivity index (χ2v) is 13.7. The molecular weight excluding hydrogens is 676 g/mol. The van der Waals surface area contributed by atoms with Gasteiger partial charge >= 0.3 is 0 Å². The molecule has 4 aromatic carbocycles. The van der Waals surface area contributed by atoms with Crippen molar-refractivity contribution in [1.82, 2.24) is 10.2 Å². The molecular formula is C36H38Cl2FN3O5S. The van der Waals surface area contributed by atoms with Crippen molar-refractivity contribution in [3.8, 4) is 5.75 Å². The highest BCUT2D eigenvalue weighted by Gasteiger charge is 2.35. The average molecular weight is 715 g/mol. The van der Waals surface area contributed by atoms with E-state index in [0.717, 1.165) is 47.0 Å². The molecule has 0 aliphatic carbocycles. The smallest absolute Gasteiger partial charge is 0.264 e. The van der Waals surface area contributed by atoms with E-state index in [4.69, 9.17) is 27.9 Å². The summed E-state index contributed by atoms with van der Waals surface area (Å²) in [5, 5.41) is 3.63. The Labute approximate surface area is 291 Å². The van der Waals surface area contributed by atoms with Crippen molar-refractivity contribution in [3.63, 3.8) is 0 Å². The number of carbonyl (C=O) groups excluding carboxylic acids is 2. The number of hydrogen-bond donors (Lipinski definition) is 1. The highest BCUT2D eigenvalue weighted by Crippen LogP contribution is 2.28. The van der Waals surface area contributed by atoms with Crippen LogP contribution in [-0.4, -0.2) is 50.9 Å².